The summed E-state index contributed by atoms with van der Waals surface area (Å²) in [7, 11) is 0. The number of carbonyl (C=O) groups is 1. The van der Waals surface area contributed by atoms with Crippen molar-refractivity contribution >= 4 is 5.97 Å². The summed E-state index contributed by atoms with van der Waals surface area (Å²) in [5.74, 6) is -1.16. The molecular weight excluding hydrogens is 256 g/mol. The van der Waals surface area contributed by atoms with Gasteiger partial charge < -0.3 is 15.3 Å². The number of phenols is 2. The van der Waals surface area contributed by atoms with Gasteiger partial charge in [0.1, 0.15) is 17.1 Å². The number of aryl methyl sites for hydroxylation is 2. The summed E-state index contributed by atoms with van der Waals surface area (Å²) in [4.78, 5) is 11.0. The van der Waals surface area contributed by atoms with Gasteiger partial charge in [-0.15, -0.1) is 0 Å². The second-order valence-corrected chi connectivity index (χ2v) is 4.89. The monoisotopic (exact) mass is 272 g/mol. The van der Waals surface area contributed by atoms with Crippen LogP contribution in [0.3, 0.4) is 0 Å². The fourth-order valence-corrected chi connectivity index (χ4v) is 2.32. The minimum atomic E-state index is -1.15. The zero-order valence-corrected chi connectivity index (χ0v) is 11.3. The summed E-state index contributed by atoms with van der Waals surface area (Å²) in [5.41, 5.74) is 3.65. The van der Waals surface area contributed by atoms with E-state index in [1.54, 1.807) is 18.2 Å². The Hall–Kier alpha value is -2.49. The van der Waals surface area contributed by atoms with Gasteiger partial charge in [-0.2, -0.15) is 0 Å². The Bertz CT molecular complexity index is 651. The normalized spacial score (nSPS) is 10.5. The molecule has 2 aromatic carbocycles. The van der Waals surface area contributed by atoms with Crippen LogP contribution in [0.2, 0.25) is 0 Å². The van der Waals surface area contributed by atoms with E-state index in [4.69, 9.17) is 5.11 Å². The van der Waals surface area contributed by atoms with Gasteiger partial charge in [0.25, 0.3) is 0 Å². The van der Waals surface area contributed by atoms with Crippen molar-refractivity contribution in [2.24, 2.45) is 0 Å². The number of phenolic OH excluding ortho intramolecular Hbond substituents is 1. The maximum absolute atomic E-state index is 11.0. The predicted molar refractivity (Wildman–Crippen MR) is 75.5 cm³/mol. The second-order valence-electron chi connectivity index (χ2n) is 4.89. The Morgan fingerprint density at radius 1 is 1.05 bits per heavy atom. The second kappa shape index (κ2) is 5.25. The SMILES string of the molecule is Cc1cc(O)cc(C)c1Cc1ccc(O)c(C(=O)O)c1. The van der Waals surface area contributed by atoms with Crippen LogP contribution in [-0.4, -0.2) is 21.3 Å². The summed E-state index contributed by atoms with van der Waals surface area (Å²) >= 11 is 0. The van der Waals surface area contributed by atoms with Gasteiger partial charge in [-0.3, -0.25) is 0 Å². The molecule has 20 heavy (non-hydrogen) atoms. The fourth-order valence-electron chi connectivity index (χ4n) is 2.32. The minimum Gasteiger partial charge on any atom is -0.508 e. The van der Waals surface area contributed by atoms with Gasteiger partial charge in [0.2, 0.25) is 0 Å². The lowest BCUT2D eigenvalue weighted by Gasteiger charge is -2.11. The van der Waals surface area contributed by atoms with Gasteiger partial charge in [-0.25, -0.2) is 4.79 Å². The number of carboxylic acids is 1. The molecule has 0 saturated carbocycles. The lowest BCUT2D eigenvalue weighted by Crippen LogP contribution is -2.00. The van der Waals surface area contributed by atoms with Crippen LogP contribution in [0.25, 0.3) is 0 Å². The Labute approximate surface area is 116 Å². The van der Waals surface area contributed by atoms with Crippen LogP contribution in [0.4, 0.5) is 0 Å². The van der Waals surface area contributed by atoms with Crippen LogP contribution in [0.1, 0.15) is 32.6 Å². The summed E-state index contributed by atoms with van der Waals surface area (Å²) in [6, 6.07) is 7.93. The number of hydrogen-bond donors (Lipinski definition) is 3. The van der Waals surface area contributed by atoms with E-state index in [0.29, 0.717) is 6.42 Å². The van der Waals surface area contributed by atoms with Gasteiger partial charge in [0.05, 0.1) is 0 Å². The molecule has 4 nitrogen and oxygen atoms in total. The van der Waals surface area contributed by atoms with Gasteiger partial charge in [0, 0.05) is 0 Å². The van der Waals surface area contributed by atoms with Crippen molar-refractivity contribution in [3.05, 3.63) is 58.1 Å². The highest BCUT2D eigenvalue weighted by molar-refractivity contribution is 5.90. The summed E-state index contributed by atoms with van der Waals surface area (Å²) in [6.07, 6.45) is 0.554. The zero-order valence-electron chi connectivity index (χ0n) is 11.3. The van der Waals surface area contributed by atoms with Crippen molar-refractivity contribution < 1.29 is 20.1 Å². The minimum absolute atomic E-state index is 0.100. The van der Waals surface area contributed by atoms with E-state index in [1.165, 1.54) is 12.1 Å². The van der Waals surface area contributed by atoms with E-state index < -0.39 is 5.97 Å². The average Bonchev–Trinajstić information content (AvgIpc) is 2.35. The summed E-state index contributed by atoms with van der Waals surface area (Å²) in [6.45, 7) is 3.81. The molecule has 0 atom stereocenters. The van der Waals surface area contributed by atoms with Crippen LogP contribution < -0.4 is 0 Å². The number of aromatic carboxylic acids is 1. The van der Waals surface area contributed by atoms with Crippen LogP contribution in [0.15, 0.2) is 30.3 Å². The molecule has 0 spiro atoms. The molecule has 4 heteroatoms. The average molecular weight is 272 g/mol. The Kier molecular flexibility index (Phi) is 3.66. The number of hydrogen-bond acceptors (Lipinski definition) is 3. The quantitative estimate of drug-likeness (QED) is 0.802. The van der Waals surface area contributed by atoms with Crippen molar-refractivity contribution in [2.75, 3.05) is 0 Å². The van der Waals surface area contributed by atoms with Crippen LogP contribution in [-0.2, 0) is 6.42 Å². The first-order chi connectivity index (χ1) is 9.38. The largest absolute Gasteiger partial charge is 0.508 e. The highest BCUT2D eigenvalue weighted by Gasteiger charge is 2.12. The molecule has 0 aromatic heterocycles. The topological polar surface area (TPSA) is 77.8 Å². The third-order valence-electron chi connectivity index (χ3n) is 3.35. The maximum Gasteiger partial charge on any atom is 0.339 e. The molecule has 0 saturated heterocycles. The molecule has 0 fully saturated rings. The molecule has 0 radical (unpaired) electrons. The molecule has 0 unspecified atom stereocenters. The van der Waals surface area contributed by atoms with Gasteiger partial charge in [-0.1, -0.05) is 6.07 Å². The molecule has 0 amide bonds. The standard InChI is InChI=1S/C16H16O4/c1-9-5-12(17)6-10(2)13(9)7-11-3-4-15(18)14(8-11)16(19)20/h3-6,8,17-18H,7H2,1-2H3,(H,19,20). The van der Waals surface area contributed by atoms with Gasteiger partial charge in [0.15, 0.2) is 0 Å². The molecule has 2 rings (SSSR count). The lowest BCUT2D eigenvalue weighted by molar-refractivity contribution is 0.0693. The lowest BCUT2D eigenvalue weighted by atomic mass is 9.95. The highest BCUT2D eigenvalue weighted by atomic mass is 16.4. The molecule has 3 N–H and O–H groups in total. The first-order valence-corrected chi connectivity index (χ1v) is 6.22. The van der Waals surface area contributed by atoms with Crippen molar-refractivity contribution in [1.82, 2.24) is 0 Å². The maximum atomic E-state index is 11.0. The Morgan fingerprint density at radius 3 is 2.20 bits per heavy atom. The molecule has 0 aliphatic carbocycles. The van der Waals surface area contributed by atoms with E-state index in [-0.39, 0.29) is 17.1 Å². The third-order valence-corrected chi connectivity index (χ3v) is 3.35. The van der Waals surface area contributed by atoms with Crippen molar-refractivity contribution in [3.8, 4) is 11.5 Å². The van der Waals surface area contributed by atoms with E-state index >= 15 is 0 Å². The highest BCUT2D eigenvalue weighted by Crippen LogP contribution is 2.25. The van der Waals surface area contributed by atoms with E-state index in [9.17, 15) is 15.0 Å². The van der Waals surface area contributed by atoms with Crippen molar-refractivity contribution in [3.63, 3.8) is 0 Å². The van der Waals surface area contributed by atoms with E-state index in [0.717, 1.165) is 22.3 Å². The molecule has 0 aliphatic heterocycles. The number of aromatic hydroxyl groups is 2. The van der Waals surface area contributed by atoms with Crippen LogP contribution in [0.5, 0.6) is 11.5 Å². The van der Waals surface area contributed by atoms with Crippen molar-refractivity contribution in [2.45, 2.75) is 20.3 Å². The fraction of sp³-hybridized carbons (Fsp3) is 0.188. The Balaban J connectivity index is 2.41. The van der Waals surface area contributed by atoms with Crippen LogP contribution in [0, 0.1) is 13.8 Å². The molecule has 104 valence electrons. The molecule has 0 bridgehead atoms. The van der Waals surface area contributed by atoms with E-state index in [1.807, 2.05) is 13.8 Å². The predicted octanol–water partition coefficient (Wildman–Crippen LogP) is 3.00. The zero-order chi connectivity index (χ0) is 14.9. The molecule has 0 heterocycles. The van der Waals surface area contributed by atoms with E-state index in [2.05, 4.69) is 0 Å². The van der Waals surface area contributed by atoms with Gasteiger partial charge in [-0.05, 0) is 66.8 Å². The van der Waals surface area contributed by atoms with Gasteiger partial charge >= 0.3 is 5.97 Å². The smallest absolute Gasteiger partial charge is 0.339 e. The molecule has 2 aromatic rings. The number of rotatable bonds is 3. The Morgan fingerprint density at radius 2 is 1.65 bits per heavy atom. The summed E-state index contributed by atoms with van der Waals surface area (Å²) in [5, 5.41) is 28.0. The summed E-state index contributed by atoms with van der Waals surface area (Å²) < 4.78 is 0. The first kappa shape index (κ1) is 13.9. The van der Waals surface area contributed by atoms with Crippen molar-refractivity contribution in [1.29, 1.82) is 0 Å². The molecule has 0 aliphatic rings. The third kappa shape index (κ3) is 2.74. The molecular formula is C16H16O4. The number of benzene rings is 2. The van der Waals surface area contributed by atoms with Crippen LogP contribution >= 0.6 is 0 Å². The number of carboxylic acid groups (broad SMARTS) is 1. The first-order valence-electron chi connectivity index (χ1n) is 6.22.